The summed E-state index contributed by atoms with van der Waals surface area (Å²) in [5, 5.41) is 9.10. The van der Waals surface area contributed by atoms with Crippen molar-refractivity contribution in [1.29, 1.82) is 0 Å². The van der Waals surface area contributed by atoms with Crippen molar-refractivity contribution in [2.75, 3.05) is 19.7 Å². The monoisotopic (exact) mass is 315 g/mol. The Balaban J connectivity index is 1.66. The van der Waals surface area contributed by atoms with Gasteiger partial charge in [0.2, 0.25) is 0 Å². The Morgan fingerprint density at radius 1 is 1.17 bits per heavy atom. The van der Waals surface area contributed by atoms with Gasteiger partial charge in [-0.2, -0.15) is 0 Å². The zero-order chi connectivity index (χ0) is 16.2. The summed E-state index contributed by atoms with van der Waals surface area (Å²) < 4.78 is 19.3. The predicted molar refractivity (Wildman–Crippen MR) is 87.5 cm³/mol. The van der Waals surface area contributed by atoms with Crippen molar-refractivity contribution < 1.29 is 14.2 Å². The van der Waals surface area contributed by atoms with Crippen LogP contribution in [-0.2, 0) is 17.9 Å². The zero-order valence-corrected chi connectivity index (χ0v) is 13.3. The van der Waals surface area contributed by atoms with Crippen molar-refractivity contribution in [3.05, 3.63) is 70.5 Å². The number of aliphatic hydroxyl groups excluding tert-OH is 1. The molecule has 1 aliphatic rings. The molecular formula is C19H22FNO2. The topological polar surface area (TPSA) is 32.7 Å². The maximum atomic E-state index is 13.4. The van der Waals surface area contributed by atoms with E-state index in [1.807, 2.05) is 24.3 Å². The molecule has 1 aliphatic heterocycles. The first kappa shape index (κ1) is 16.1. The lowest BCUT2D eigenvalue weighted by Gasteiger charge is -2.33. The quantitative estimate of drug-likeness (QED) is 0.940. The van der Waals surface area contributed by atoms with Crippen LogP contribution in [0.4, 0.5) is 4.39 Å². The highest BCUT2D eigenvalue weighted by Crippen LogP contribution is 2.25. The van der Waals surface area contributed by atoms with Crippen LogP contribution in [0, 0.1) is 12.7 Å². The third-order valence-electron chi connectivity index (χ3n) is 4.32. The second kappa shape index (κ2) is 7.21. The van der Waals surface area contributed by atoms with Crippen LogP contribution in [0.2, 0.25) is 0 Å². The molecule has 1 atom stereocenters. The van der Waals surface area contributed by atoms with E-state index < -0.39 is 0 Å². The highest BCUT2D eigenvalue weighted by molar-refractivity contribution is 5.26. The maximum Gasteiger partial charge on any atom is 0.126 e. The normalized spacial score (nSPS) is 19.0. The van der Waals surface area contributed by atoms with Gasteiger partial charge in [0.25, 0.3) is 0 Å². The number of morpholine rings is 1. The number of hydrogen-bond donors (Lipinski definition) is 1. The van der Waals surface area contributed by atoms with Crippen molar-refractivity contribution in [1.82, 2.24) is 4.90 Å². The summed E-state index contributed by atoms with van der Waals surface area (Å²) in [7, 11) is 0. The van der Waals surface area contributed by atoms with Crippen LogP contribution in [0.15, 0.2) is 42.5 Å². The summed E-state index contributed by atoms with van der Waals surface area (Å²) >= 11 is 0. The van der Waals surface area contributed by atoms with Gasteiger partial charge < -0.3 is 9.84 Å². The van der Waals surface area contributed by atoms with Crippen LogP contribution in [0.3, 0.4) is 0 Å². The third kappa shape index (κ3) is 3.96. The van der Waals surface area contributed by atoms with Gasteiger partial charge in [0.15, 0.2) is 0 Å². The molecular weight excluding hydrogens is 293 g/mol. The van der Waals surface area contributed by atoms with E-state index in [1.54, 1.807) is 6.92 Å². The molecule has 122 valence electrons. The Morgan fingerprint density at radius 3 is 2.61 bits per heavy atom. The number of rotatable bonds is 4. The number of aliphatic hydroxyl groups is 1. The standard InChI is InChI=1S/C19H22FNO2/c1-14-10-17(6-7-18(14)20)19-12-21(8-9-23-19)11-15-2-4-16(13-22)5-3-15/h2-7,10,19,22H,8-9,11-13H2,1H3. The average molecular weight is 315 g/mol. The fourth-order valence-electron chi connectivity index (χ4n) is 2.92. The molecule has 0 amide bonds. The molecule has 0 radical (unpaired) electrons. The predicted octanol–water partition coefficient (Wildman–Crippen LogP) is 3.20. The lowest BCUT2D eigenvalue weighted by Crippen LogP contribution is -2.37. The van der Waals surface area contributed by atoms with Crippen LogP contribution < -0.4 is 0 Å². The first-order valence-corrected chi connectivity index (χ1v) is 7.94. The molecule has 23 heavy (non-hydrogen) atoms. The molecule has 1 fully saturated rings. The summed E-state index contributed by atoms with van der Waals surface area (Å²) in [4.78, 5) is 2.35. The van der Waals surface area contributed by atoms with E-state index in [0.717, 1.165) is 30.8 Å². The molecule has 1 unspecified atom stereocenters. The van der Waals surface area contributed by atoms with E-state index >= 15 is 0 Å². The van der Waals surface area contributed by atoms with Gasteiger partial charge in [-0.3, -0.25) is 4.90 Å². The first-order valence-electron chi connectivity index (χ1n) is 7.94. The average Bonchev–Trinajstić information content (AvgIpc) is 2.58. The van der Waals surface area contributed by atoms with Crippen LogP contribution in [0.25, 0.3) is 0 Å². The van der Waals surface area contributed by atoms with Gasteiger partial charge in [-0.15, -0.1) is 0 Å². The fourth-order valence-corrected chi connectivity index (χ4v) is 2.92. The molecule has 1 heterocycles. The summed E-state index contributed by atoms with van der Waals surface area (Å²) in [6.07, 6.45) is -0.0141. The van der Waals surface area contributed by atoms with Gasteiger partial charge in [0.05, 0.1) is 19.3 Å². The Bertz CT molecular complexity index is 657. The molecule has 3 rings (SSSR count). The SMILES string of the molecule is Cc1cc(C2CN(Cc3ccc(CO)cc3)CCO2)ccc1F. The molecule has 4 heteroatoms. The highest BCUT2D eigenvalue weighted by Gasteiger charge is 2.22. The highest BCUT2D eigenvalue weighted by atomic mass is 19.1. The van der Waals surface area contributed by atoms with Gasteiger partial charge in [0, 0.05) is 19.6 Å². The van der Waals surface area contributed by atoms with Crippen molar-refractivity contribution in [3.63, 3.8) is 0 Å². The molecule has 2 aromatic rings. The molecule has 0 bridgehead atoms. The molecule has 2 aromatic carbocycles. The van der Waals surface area contributed by atoms with Crippen LogP contribution in [-0.4, -0.2) is 29.7 Å². The van der Waals surface area contributed by atoms with Crippen LogP contribution in [0.1, 0.15) is 28.4 Å². The number of benzene rings is 2. The van der Waals surface area contributed by atoms with Crippen LogP contribution >= 0.6 is 0 Å². The lowest BCUT2D eigenvalue weighted by atomic mass is 10.0. The second-order valence-electron chi connectivity index (χ2n) is 6.08. The summed E-state index contributed by atoms with van der Waals surface area (Å²) in [6, 6.07) is 13.2. The number of hydrogen-bond acceptors (Lipinski definition) is 3. The van der Waals surface area contributed by atoms with E-state index in [-0.39, 0.29) is 18.5 Å². The van der Waals surface area contributed by atoms with Gasteiger partial charge in [-0.05, 0) is 35.2 Å². The third-order valence-corrected chi connectivity index (χ3v) is 4.32. The Morgan fingerprint density at radius 2 is 1.91 bits per heavy atom. The molecule has 0 aliphatic carbocycles. The molecule has 1 saturated heterocycles. The van der Waals surface area contributed by atoms with E-state index in [4.69, 9.17) is 9.84 Å². The molecule has 0 spiro atoms. The minimum absolute atomic E-state index is 0.0141. The number of ether oxygens (including phenoxy) is 1. The van der Waals surface area contributed by atoms with Gasteiger partial charge in [0.1, 0.15) is 5.82 Å². The summed E-state index contributed by atoms with van der Waals surface area (Å²) in [6.45, 7) is 5.07. The largest absolute Gasteiger partial charge is 0.392 e. The van der Waals surface area contributed by atoms with Gasteiger partial charge in [-0.25, -0.2) is 4.39 Å². The van der Waals surface area contributed by atoms with Crippen molar-refractivity contribution in [2.24, 2.45) is 0 Å². The lowest BCUT2D eigenvalue weighted by molar-refractivity contribution is -0.0329. The maximum absolute atomic E-state index is 13.4. The van der Waals surface area contributed by atoms with E-state index in [2.05, 4.69) is 17.0 Å². The second-order valence-corrected chi connectivity index (χ2v) is 6.08. The summed E-state index contributed by atoms with van der Waals surface area (Å²) in [5.74, 6) is -0.176. The minimum atomic E-state index is -0.176. The van der Waals surface area contributed by atoms with Crippen molar-refractivity contribution in [3.8, 4) is 0 Å². The van der Waals surface area contributed by atoms with E-state index in [9.17, 15) is 4.39 Å². The number of nitrogens with zero attached hydrogens (tertiary/aromatic N) is 1. The molecule has 3 nitrogen and oxygen atoms in total. The van der Waals surface area contributed by atoms with Crippen LogP contribution in [0.5, 0.6) is 0 Å². The Hall–Kier alpha value is -1.75. The fraction of sp³-hybridized carbons (Fsp3) is 0.368. The molecule has 1 N–H and O–H groups in total. The molecule has 0 saturated carbocycles. The number of halogens is 1. The van der Waals surface area contributed by atoms with Gasteiger partial charge in [-0.1, -0.05) is 36.4 Å². The Labute approximate surface area is 136 Å². The van der Waals surface area contributed by atoms with E-state index in [1.165, 1.54) is 11.6 Å². The Kier molecular flexibility index (Phi) is 5.06. The number of aryl methyl sites for hydroxylation is 1. The summed E-state index contributed by atoms with van der Waals surface area (Å²) in [5.41, 5.74) is 3.83. The smallest absolute Gasteiger partial charge is 0.126 e. The first-order chi connectivity index (χ1) is 11.2. The zero-order valence-electron chi connectivity index (χ0n) is 13.3. The van der Waals surface area contributed by atoms with Crippen molar-refractivity contribution in [2.45, 2.75) is 26.2 Å². The minimum Gasteiger partial charge on any atom is -0.392 e. The van der Waals surface area contributed by atoms with Crippen molar-refractivity contribution >= 4 is 0 Å². The van der Waals surface area contributed by atoms with Gasteiger partial charge >= 0.3 is 0 Å². The molecule has 0 aromatic heterocycles. The van der Waals surface area contributed by atoms with E-state index in [0.29, 0.717) is 12.2 Å².